The molecule has 0 aliphatic rings. The third kappa shape index (κ3) is 4.04. The number of amides is 2. The average molecular weight is 285 g/mol. The Labute approximate surface area is 121 Å². The van der Waals surface area contributed by atoms with Crippen LogP contribution in [0.4, 0.5) is 16.2 Å². The Hall–Kier alpha value is -2.89. The first-order valence-electron chi connectivity index (χ1n) is 6.40. The summed E-state index contributed by atoms with van der Waals surface area (Å²) in [5.74, 6) is 0. The largest absolute Gasteiger partial charge is 0.334 e. The van der Waals surface area contributed by atoms with Crippen LogP contribution >= 0.6 is 0 Å². The number of carbonyl (C=O) groups excluding carboxylic acids is 1. The number of anilines is 1. The molecule has 108 valence electrons. The van der Waals surface area contributed by atoms with Gasteiger partial charge in [-0.2, -0.15) is 0 Å². The Bertz CT molecular complexity index is 656. The van der Waals surface area contributed by atoms with Crippen LogP contribution in [-0.4, -0.2) is 11.0 Å². The number of benzene rings is 2. The second-order valence-corrected chi connectivity index (χ2v) is 4.57. The maximum Gasteiger partial charge on any atom is 0.319 e. The Morgan fingerprint density at radius 3 is 2.57 bits per heavy atom. The van der Waals surface area contributed by atoms with E-state index in [2.05, 4.69) is 10.6 Å². The third-order valence-corrected chi connectivity index (χ3v) is 2.89. The first kappa shape index (κ1) is 14.5. The molecule has 0 aromatic heterocycles. The molecule has 2 aromatic rings. The summed E-state index contributed by atoms with van der Waals surface area (Å²) in [4.78, 5) is 22.3. The number of hydrogen-bond donors (Lipinski definition) is 2. The maximum atomic E-state index is 11.8. The highest BCUT2D eigenvalue weighted by Gasteiger charge is 2.15. The Kier molecular flexibility index (Phi) is 4.50. The Morgan fingerprint density at radius 2 is 1.90 bits per heavy atom. The van der Waals surface area contributed by atoms with Crippen molar-refractivity contribution >= 4 is 17.4 Å². The van der Waals surface area contributed by atoms with Crippen LogP contribution in [0.25, 0.3) is 0 Å². The van der Waals surface area contributed by atoms with Crippen molar-refractivity contribution in [1.29, 1.82) is 0 Å². The van der Waals surface area contributed by atoms with Gasteiger partial charge in [0.1, 0.15) is 5.69 Å². The fraction of sp³-hybridized carbons (Fsp3) is 0.133. The molecular weight excluding hydrogens is 270 g/mol. The number of carbonyl (C=O) groups is 1. The summed E-state index contributed by atoms with van der Waals surface area (Å²) < 4.78 is 0. The lowest BCUT2D eigenvalue weighted by atomic mass is 10.2. The highest BCUT2D eigenvalue weighted by atomic mass is 16.6. The van der Waals surface area contributed by atoms with Gasteiger partial charge in [-0.1, -0.05) is 36.4 Å². The van der Waals surface area contributed by atoms with Crippen molar-refractivity contribution in [3.8, 4) is 0 Å². The van der Waals surface area contributed by atoms with Gasteiger partial charge in [-0.25, -0.2) is 4.79 Å². The van der Waals surface area contributed by atoms with Gasteiger partial charge in [0.05, 0.1) is 4.92 Å². The van der Waals surface area contributed by atoms with Crippen LogP contribution in [0, 0.1) is 17.0 Å². The van der Waals surface area contributed by atoms with Crippen molar-refractivity contribution in [3.05, 3.63) is 69.8 Å². The Morgan fingerprint density at radius 1 is 1.19 bits per heavy atom. The normalized spacial score (nSPS) is 9.95. The summed E-state index contributed by atoms with van der Waals surface area (Å²) in [6.07, 6.45) is 0. The lowest BCUT2D eigenvalue weighted by molar-refractivity contribution is -0.384. The van der Waals surface area contributed by atoms with Crippen LogP contribution in [0.15, 0.2) is 48.5 Å². The highest BCUT2D eigenvalue weighted by molar-refractivity contribution is 5.91. The summed E-state index contributed by atoms with van der Waals surface area (Å²) in [6.45, 7) is 2.11. The second kappa shape index (κ2) is 6.51. The summed E-state index contributed by atoms with van der Waals surface area (Å²) in [6, 6.07) is 13.6. The van der Waals surface area contributed by atoms with Gasteiger partial charge in [-0.05, 0) is 24.1 Å². The van der Waals surface area contributed by atoms with E-state index >= 15 is 0 Å². The molecule has 2 aromatic carbocycles. The zero-order valence-corrected chi connectivity index (χ0v) is 11.5. The van der Waals surface area contributed by atoms with E-state index in [1.54, 1.807) is 13.0 Å². The van der Waals surface area contributed by atoms with E-state index in [-0.39, 0.29) is 11.4 Å². The molecule has 0 saturated heterocycles. The van der Waals surface area contributed by atoms with E-state index in [0.29, 0.717) is 6.54 Å². The van der Waals surface area contributed by atoms with Crippen molar-refractivity contribution in [3.63, 3.8) is 0 Å². The van der Waals surface area contributed by atoms with Crippen molar-refractivity contribution in [2.75, 3.05) is 5.32 Å². The van der Waals surface area contributed by atoms with Gasteiger partial charge in [-0.15, -0.1) is 0 Å². The zero-order chi connectivity index (χ0) is 15.2. The second-order valence-electron chi connectivity index (χ2n) is 4.57. The lowest BCUT2D eigenvalue weighted by Crippen LogP contribution is -2.28. The summed E-state index contributed by atoms with van der Waals surface area (Å²) in [5.41, 5.74) is 1.77. The topological polar surface area (TPSA) is 84.3 Å². The van der Waals surface area contributed by atoms with Gasteiger partial charge in [0, 0.05) is 12.6 Å². The predicted octanol–water partition coefficient (Wildman–Crippen LogP) is 3.22. The summed E-state index contributed by atoms with van der Waals surface area (Å²) in [5, 5.41) is 16.1. The minimum Gasteiger partial charge on any atom is -0.334 e. The van der Waals surface area contributed by atoms with E-state index in [1.807, 2.05) is 30.3 Å². The van der Waals surface area contributed by atoms with Crippen molar-refractivity contribution in [1.82, 2.24) is 5.32 Å². The van der Waals surface area contributed by atoms with Gasteiger partial charge in [0.2, 0.25) is 0 Å². The molecule has 2 rings (SSSR count). The molecule has 0 fully saturated rings. The molecule has 0 saturated carbocycles. The van der Waals surface area contributed by atoms with Gasteiger partial charge < -0.3 is 10.6 Å². The SMILES string of the molecule is Cc1ccc(NC(=O)NCc2ccccc2)c([N+](=O)[O-])c1. The number of rotatable bonds is 4. The number of nitrogens with zero attached hydrogens (tertiary/aromatic N) is 1. The first-order chi connectivity index (χ1) is 10.1. The van der Waals surface area contributed by atoms with Gasteiger partial charge in [0.15, 0.2) is 0 Å². The highest BCUT2D eigenvalue weighted by Crippen LogP contribution is 2.25. The number of urea groups is 1. The van der Waals surface area contributed by atoms with E-state index in [1.165, 1.54) is 12.1 Å². The number of hydrogen-bond acceptors (Lipinski definition) is 3. The fourth-order valence-electron chi connectivity index (χ4n) is 1.84. The van der Waals surface area contributed by atoms with Crippen LogP contribution in [0.2, 0.25) is 0 Å². The Balaban J connectivity index is 2.01. The van der Waals surface area contributed by atoms with Crippen LogP contribution < -0.4 is 10.6 Å². The molecule has 2 amide bonds. The fourth-order valence-corrected chi connectivity index (χ4v) is 1.84. The molecule has 0 aliphatic carbocycles. The van der Waals surface area contributed by atoms with Gasteiger partial charge in [-0.3, -0.25) is 10.1 Å². The number of nitro groups is 1. The molecule has 0 bridgehead atoms. The molecule has 21 heavy (non-hydrogen) atoms. The van der Waals surface area contributed by atoms with E-state index in [0.717, 1.165) is 11.1 Å². The van der Waals surface area contributed by atoms with Crippen LogP contribution in [0.5, 0.6) is 0 Å². The molecule has 0 atom stereocenters. The molecule has 0 heterocycles. The van der Waals surface area contributed by atoms with Gasteiger partial charge >= 0.3 is 6.03 Å². The molecule has 0 aliphatic heterocycles. The minimum atomic E-state index is -0.514. The van der Waals surface area contributed by atoms with Crippen LogP contribution in [0.1, 0.15) is 11.1 Å². The van der Waals surface area contributed by atoms with E-state index < -0.39 is 11.0 Å². The predicted molar refractivity (Wildman–Crippen MR) is 80.1 cm³/mol. The molecule has 6 nitrogen and oxygen atoms in total. The molecule has 0 radical (unpaired) electrons. The van der Waals surface area contributed by atoms with E-state index in [4.69, 9.17) is 0 Å². The monoisotopic (exact) mass is 285 g/mol. The lowest BCUT2D eigenvalue weighted by Gasteiger charge is -2.08. The molecular formula is C15H15N3O3. The molecule has 0 spiro atoms. The molecule has 6 heteroatoms. The number of nitro benzene ring substituents is 1. The number of nitrogens with one attached hydrogen (secondary N) is 2. The van der Waals surface area contributed by atoms with Crippen molar-refractivity contribution in [2.45, 2.75) is 13.5 Å². The van der Waals surface area contributed by atoms with Crippen LogP contribution in [0.3, 0.4) is 0 Å². The quantitative estimate of drug-likeness (QED) is 0.668. The smallest absolute Gasteiger partial charge is 0.319 e. The molecule has 2 N–H and O–H groups in total. The summed E-state index contributed by atoms with van der Waals surface area (Å²) >= 11 is 0. The zero-order valence-electron chi connectivity index (χ0n) is 11.5. The first-order valence-corrected chi connectivity index (χ1v) is 6.40. The van der Waals surface area contributed by atoms with E-state index in [9.17, 15) is 14.9 Å². The van der Waals surface area contributed by atoms with Crippen molar-refractivity contribution < 1.29 is 9.72 Å². The van der Waals surface area contributed by atoms with Crippen LogP contribution in [-0.2, 0) is 6.54 Å². The standard InChI is InChI=1S/C15H15N3O3/c1-11-7-8-13(14(9-11)18(20)21)17-15(19)16-10-12-5-3-2-4-6-12/h2-9H,10H2,1H3,(H2,16,17,19). The third-order valence-electron chi connectivity index (χ3n) is 2.89. The minimum absolute atomic E-state index is 0.120. The summed E-state index contributed by atoms with van der Waals surface area (Å²) in [7, 11) is 0. The molecule has 0 unspecified atom stereocenters. The van der Waals surface area contributed by atoms with Crippen molar-refractivity contribution in [2.24, 2.45) is 0 Å². The van der Waals surface area contributed by atoms with Gasteiger partial charge in [0.25, 0.3) is 5.69 Å². The maximum absolute atomic E-state index is 11.8. The number of aryl methyl sites for hydroxylation is 1. The average Bonchev–Trinajstić information content (AvgIpc) is 2.48.